The predicted octanol–water partition coefficient (Wildman–Crippen LogP) is 7.73. The highest BCUT2D eigenvalue weighted by Gasteiger charge is 2.16. The minimum atomic E-state index is -0.438. The van der Waals surface area contributed by atoms with Crippen molar-refractivity contribution in [2.24, 2.45) is 0 Å². The van der Waals surface area contributed by atoms with Crippen molar-refractivity contribution in [2.75, 3.05) is 19.0 Å². The third-order valence-electron chi connectivity index (χ3n) is 6.33. The molecule has 0 saturated heterocycles. The van der Waals surface area contributed by atoms with E-state index in [1.54, 1.807) is 31.4 Å². The summed E-state index contributed by atoms with van der Waals surface area (Å²) in [5.74, 6) is 2.24. The number of para-hydroxylation sites is 3. The lowest BCUT2D eigenvalue weighted by atomic mass is 10.0. The van der Waals surface area contributed by atoms with Crippen LogP contribution in [0.4, 0.5) is 5.69 Å². The molecule has 0 fully saturated rings. The Morgan fingerprint density at radius 2 is 1.48 bits per heavy atom. The Balaban J connectivity index is 1.29. The Hall–Kier alpha value is -5.23. The summed E-state index contributed by atoms with van der Waals surface area (Å²) in [6.45, 7) is 0.449. The average Bonchev–Trinajstić information content (AvgIpc) is 2.99. The number of benzene rings is 5. The van der Waals surface area contributed by atoms with E-state index in [1.165, 1.54) is 6.07 Å². The SMILES string of the molecule is COc1ccccc1CCOc1cccc(NC(=O)c2cc(-c3ccccc3Oc3ccccc3)ccc2O)c1. The Bertz CT molecular complexity index is 1600. The minimum absolute atomic E-state index is 0.119. The van der Waals surface area contributed by atoms with Gasteiger partial charge >= 0.3 is 0 Å². The monoisotopic (exact) mass is 531 g/mol. The van der Waals surface area contributed by atoms with Crippen LogP contribution in [-0.4, -0.2) is 24.7 Å². The summed E-state index contributed by atoms with van der Waals surface area (Å²) in [4.78, 5) is 13.2. The van der Waals surface area contributed by atoms with Gasteiger partial charge in [-0.1, -0.05) is 66.7 Å². The van der Waals surface area contributed by atoms with Gasteiger partial charge in [0, 0.05) is 23.7 Å². The van der Waals surface area contributed by atoms with Crippen LogP contribution in [0, 0.1) is 0 Å². The number of methoxy groups -OCH3 is 1. The van der Waals surface area contributed by atoms with Crippen LogP contribution in [-0.2, 0) is 6.42 Å². The molecule has 5 rings (SSSR count). The van der Waals surface area contributed by atoms with Gasteiger partial charge in [0.25, 0.3) is 5.91 Å². The number of phenolic OH excluding ortho intramolecular Hbond substituents is 1. The molecule has 6 heteroatoms. The normalized spacial score (nSPS) is 10.5. The van der Waals surface area contributed by atoms with Gasteiger partial charge < -0.3 is 24.6 Å². The van der Waals surface area contributed by atoms with E-state index in [9.17, 15) is 9.90 Å². The van der Waals surface area contributed by atoms with E-state index in [0.29, 0.717) is 36.0 Å². The number of nitrogens with one attached hydrogen (secondary N) is 1. The van der Waals surface area contributed by atoms with Gasteiger partial charge in [0.05, 0.1) is 19.3 Å². The largest absolute Gasteiger partial charge is 0.507 e. The van der Waals surface area contributed by atoms with E-state index < -0.39 is 5.91 Å². The van der Waals surface area contributed by atoms with E-state index >= 15 is 0 Å². The third kappa shape index (κ3) is 6.42. The molecule has 0 saturated carbocycles. The van der Waals surface area contributed by atoms with E-state index in [4.69, 9.17) is 14.2 Å². The minimum Gasteiger partial charge on any atom is -0.507 e. The zero-order chi connectivity index (χ0) is 27.7. The zero-order valence-electron chi connectivity index (χ0n) is 22.0. The van der Waals surface area contributed by atoms with Crippen LogP contribution >= 0.6 is 0 Å². The molecule has 0 bridgehead atoms. The van der Waals surface area contributed by atoms with Crippen LogP contribution in [0.25, 0.3) is 11.1 Å². The molecule has 0 radical (unpaired) electrons. The first-order valence-electron chi connectivity index (χ1n) is 12.9. The number of carbonyl (C=O) groups excluding carboxylic acids is 1. The van der Waals surface area contributed by atoms with Gasteiger partial charge in [0.15, 0.2) is 0 Å². The molecule has 200 valence electrons. The summed E-state index contributed by atoms with van der Waals surface area (Å²) < 4.78 is 17.4. The quantitative estimate of drug-likeness (QED) is 0.193. The summed E-state index contributed by atoms with van der Waals surface area (Å²) in [6.07, 6.45) is 0.677. The highest BCUT2D eigenvalue weighted by atomic mass is 16.5. The third-order valence-corrected chi connectivity index (χ3v) is 6.33. The molecule has 0 aromatic heterocycles. The second-order valence-corrected chi connectivity index (χ2v) is 9.04. The fourth-order valence-electron chi connectivity index (χ4n) is 4.35. The second kappa shape index (κ2) is 12.5. The van der Waals surface area contributed by atoms with E-state index in [-0.39, 0.29) is 11.3 Å². The van der Waals surface area contributed by atoms with Crippen LogP contribution in [0.2, 0.25) is 0 Å². The van der Waals surface area contributed by atoms with Gasteiger partial charge in [-0.15, -0.1) is 0 Å². The number of phenols is 1. The fourth-order valence-corrected chi connectivity index (χ4v) is 4.35. The topological polar surface area (TPSA) is 77.0 Å². The van der Waals surface area contributed by atoms with Crippen molar-refractivity contribution in [2.45, 2.75) is 6.42 Å². The van der Waals surface area contributed by atoms with Crippen LogP contribution in [0.15, 0.2) is 121 Å². The maximum atomic E-state index is 13.2. The molecule has 0 aliphatic carbocycles. The van der Waals surface area contributed by atoms with Crippen molar-refractivity contribution in [1.82, 2.24) is 0 Å². The smallest absolute Gasteiger partial charge is 0.259 e. The molecule has 0 unspecified atom stereocenters. The number of aromatic hydroxyl groups is 1. The van der Waals surface area contributed by atoms with Crippen molar-refractivity contribution < 1.29 is 24.1 Å². The van der Waals surface area contributed by atoms with E-state index in [2.05, 4.69) is 5.32 Å². The van der Waals surface area contributed by atoms with Crippen molar-refractivity contribution in [1.29, 1.82) is 0 Å². The Kier molecular flexibility index (Phi) is 8.27. The summed E-state index contributed by atoms with van der Waals surface area (Å²) in [7, 11) is 1.65. The lowest BCUT2D eigenvalue weighted by Gasteiger charge is -2.14. The van der Waals surface area contributed by atoms with Crippen molar-refractivity contribution in [3.8, 4) is 39.9 Å². The molecule has 0 atom stereocenters. The first kappa shape index (κ1) is 26.4. The molecule has 0 heterocycles. The van der Waals surface area contributed by atoms with Crippen LogP contribution in [0.1, 0.15) is 15.9 Å². The second-order valence-electron chi connectivity index (χ2n) is 9.04. The highest BCUT2D eigenvalue weighted by Crippen LogP contribution is 2.35. The number of hydrogen-bond donors (Lipinski definition) is 2. The van der Waals surface area contributed by atoms with Gasteiger partial charge in [-0.25, -0.2) is 0 Å². The number of hydrogen-bond acceptors (Lipinski definition) is 5. The average molecular weight is 532 g/mol. The zero-order valence-corrected chi connectivity index (χ0v) is 22.0. The van der Waals surface area contributed by atoms with Gasteiger partial charge in [-0.3, -0.25) is 4.79 Å². The van der Waals surface area contributed by atoms with Crippen molar-refractivity contribution in [3.63, 3.8) is 0 Å². The van der Waals surface area contributed by atoms with Gasteiger partial charge in [-0.2, -0.15) is 0 Å². The molecule has 40 heavy (non-hydrogen) atoms. The Morgan fingerprint density at radius 1 is 0.750 bits per heavy atom. The molecule has 2 N–H and O–H groups in total. The number of amides is 1. The standard InChI is InChI=1S/C34H29NO5/c1-38-32-16-7-5-10-24(32)20-21-39-28-14-9-11-26(23-28)35-34(37)30-22-25(18-19-31(30)36)29-15-6-8-17-33(29)40-27-12-3-2-4-13-27/h2-19,22-23,36H,20-21H2,1H3,(H,35,37). The first-order chi connectivity index (χ1) is 19.6. The Labute approximate surface area is 233 Å². The van der Waals surface area contributed by atoms with Crippen LogP contribution in [0.5, 0.6) is 28.7 Å². The molecular formula is C34H29NO5. The van der Waals surface area contributed by atoms with Gasteiger partial charge in [0.2, 0.25) is 0 Å². The van der Waals surface area contributed by atoms with Crippen LogP contribution in [0.3, 0.4) is 0 Å². The number of carbonyl (C=O) groups is 1. The van der Waals surface area contributed by atoms with Crippen molar-refractivity contribution in [3.05, 3.63) is 132 Å². The lowest BCUT2D eigenvalue weighted by molar-refractivity contribution is 0.102. The fraction of sp³-hybridized carbons (Fsp3) is 0.0882. The number of anilines is 1. The van der Waals surface area contributed by atoms with Crippen molar-refractivity contribution >= 4 is 11.6 Å². The van der Waals surface area contributed by atoms with Crippen LogP contribution < -0.4 is 19.5 Å². The van der Waals surface area contributed by atoms with Gasteiger partial charge in [-0.05, 0) is 59.7 Å². The highest BCUT2D eigenvalue weighted by molar-refractivity contribution is 6.07. The molecule has 0 aliphatic heterocycles. The molecule has 1 amide bonds. The molecule has 5 aromatic carbocycles. The lowest BCUT2D eigenvalue weighted by Crippen LogP contribution is -2.12. The summed E-state index contributed by atoms with van der Waals surface area (Å²) in [5.41, 5.74) is 3.29. The molecule has 0 spiro atoms. The molecule has 0 aliphatic rings. The maximum absolute atomic E-state index is 13.2. The summed E-state index contributed by atoms with van der Waals surface area (Å²) >= 11 is 0. The Morgan fingerprint density at radius 3 is 2.30 bits per heavy atom. The summed E-state index contributed by atoms with van der Waals surface area (Å²) in [6, 6.07) is 37.0. The molecule has 5 aromatic rings. The predicted molar refractivity (Wildman–Crippen MR) is 157 cm³/mol. The number of rotatable bonds is 10. The maximum Gasteiger partial charge on any atom is 0.259 e. The van der Waals surface area contributed by atoms with E-state index in [0.717, 1.165) is 22.4 Å². The molecular weight excluding hydrogens is 502 g/mol. The van der Waals surface area contributed by atoms with E-state index in [1.807, 2.05) is 91.0 Å². The van der Waals surface area contributed by atoms with Gasteiger partial charge in [0.1, 0.15) is 28.7 Å². The molecule has 6 nitrogen and oxygen atoms in total. The number of ether oxygens (including phenoxy) is 3. The first-order valence-corrected chi connectivity index (χ1v) is 12.9. The summed E-state index contributed by atoms with van der Waals surface area (Å²) in [5, 5.41) is 13.4.